The van der Waals surface area contributed by atoms with Gasteiger partial charge in [-0.1, -0.05) is 24.3 Å². The van der Waals surface area contributed by atoms with Gasteiger partial charge >= 0.3 is 0 Å². The molecule has 3 aromatic heterocycles. The molecule has 4 rings (SSSR count). The number of hydrogen-bond donors (Lipinski definition) is 1. The summed E-state index contributed by atoms with van der Waals surface area (Å²) in [6.45, 7) is 4.37. The second-order valence-corrected chi connectivity index (χ2v) is 7.66. The normalized spacial score (nSPS) is 11.0. The van der Waals surface area contributed by atoms with E-state index in [9.17, 15) is 9.18 Å². The third-order valence-electron chi connectivity index (χ3n) is 4.54. The topological polar surface area (TPSA) is 54.9 Å². The van der Waals surface area contributed by atoms with Crippen LogP contribution in [0.2, 0.25) is 0 Å². The molecule has 0 radical (unpaired) electrons. The number of carbonyl (C=O) groups excluding carboxylic acids is 1. The van der Waals surface area contributed by atoms with Crippen molar-refractivity contribution in [3.05, 3.63) is 82.4 Å². The summed E-state index contributed by atoms with van der Waals surface area (Å²) in [4.78, 5) is 22.2. The second-order valence-electron chi connectivity index (χ2n) is 6.63. The zero-order chi connectivity index (χ0) is 19.7. The highest BCUT2D eigenvalue weighted by Crippen LogP contribution is 2.27. The molecule has 0 spiro atoms. The summed E-state index contributed by atoms with van der Waals surface area (Å²) in [5.74, 6) is -0.616. The van der Waals surface area contributed by atoms with Gasteiger partial charge in [0.1, 0.15) is 4.83 Å². The highest BCUT2D eigenvalue weighted by atomic mass is 32.1. The van der Waals surface area contributed by atoms with Gasteiger partial charge in [0.15, 0.2) is 0 Å². The first kappa shape index (κ1) is 18.3. The summed E-state index contributed by atoms with van der Waals surface area (Å²) >= 11 is 1.40. The average molecular weight is 391 g/mol. The number of halogens is 1. The first-order valence-electron chi connectivity index (χ1n) is 8.87. The van der Waals surface area contributed by atoms with Crippen LogP contribution in [0.5, 0.6) is 0 Å². The van der Waals surface area contributed by atoms with Crippen molar-refractivity contribution in [1.29, 1.82) is 0 Å². The Hall–Kier alpha value is -3.12. The average Bonchev–Trinajstić information content (AvgIpc) is 3.11. The highest BCUT2D eigenvalue weighted by molar-refractivity contribution is 7.20. The van der Waals surface area contributed by atoms with Gasteiger partial charge in [-0.3, -0.25) is 4.79 Å². The summed E-state index contributed by atoms with van der Waals surface area (Å²) in [5.41, 5.74) is 4.22. The maximum atomic E-state index is 13.8. The number of nitrogens with one attached hydrogen (secondary N) is 1. The van der Waals surface area contributed by atoms with E-state index in [0.717, 1.165) is 32.6 Å². The van der Waals surface area contributed by atoms with Crippen LogP contribution in [-0.2, 0) is 6.54 Å². The van der Waals surface area contributed by atoms with Crippen LogP contribution >= 0.6 is 11.3 Å². The summed E-state index contributed by atoms with van der Waals surface area (Å²) in [6, 6.07) is 14.7. The third kappa shape index (κ3) is 3.64. The zero-order valence-electron chi connectivity index (χ0n) is 15.5. The predicted octanol–water partition coefficient (Wildman–Crippen LogP) is 5.04. The monoisotopic (exact) mass is 391 g/mol. The van der Waals surface area contributed by atoms with Crippen LogP contribution in [0.4, 0.5) is 4.39 Å². The minimum absolute atomic E-state index is 0.123. The highest BCUT2D eigenvalue weighted by Gasteiger charge is 2.13. The Kier molecular flexibility index (Phi) is 4.88. The van der Waals surface area contributed by atoms with Gasteiger partial charge in [-0.05, 0) is 54.8 Å². The molecule has 0 fully saturated rings. The molecule has 1 amide bonds. The molecule has 6 heteroatoms. The maximum Gasteiger partial charge on any atom is 0.261 e. The van der Waals surface area contributed by atoms with Crippen molar-refractivity contribution in [3.8, 4) is 11.1 Å². The third-order valence-corrected chi connectivity index (χ3v) is 5.57. The lowest BCUT2D eigenvalue weighted by atomic mass is 10.1. The summed E-state index contributed by atoms with van der Waals surface area (Å²) in [6.07, 6.45) is 1.43. The fourth-order valence-electron chi connectivity index (χ4n) is 3.12. The predicted molar refractivity (Wildman–Crippen MR) is 110 cm³/mol. The van der Waals surface area contributed by atoms with Crippen LogP contribution in [0, 0.1) is 19.8 Å². The van der Waals surface area contributed by atoms with Crippen LogP contribution in [0.25, 0.3) is 21.3 Å². The SMILES string of the molecule is Cc1cc(C)c2cc(C(=O)NCc3ccc(-c4cccnc4F)cc3)sc2n1. The van der Waals surface area contributed by atoms with Gasteiger partial charge in [0.05, 0.1) is 4.88 Å². The smallest absolute Gasteiger partial charge is 0.261 e. The largest absolute Gasteiger partial charge is 0.347 e. The van der Waals surface area contributed by atoms with E-state index in [4.69, 9.17) is 0 Å². The molecule has 0 unspecified atom stereocenters. The minimum atomic E-state index is -0.493. The second kappa shape index (κ2) is 7.48. The number of fused-ring (bicyclic) bond motifs is 1. The Bertz CT molecular complexity index is 1170. The van der Waals surface area contributed by atoms with Gasteiger partial charge in [-0.15, -0.1) is 11.3 Å². The van der Waals surface area contributed by atoms with Gasteiger partial charge in [-0.2, -0.15) is 4.39 Å². The number of benzene rings is 1. The number of nitrogens with zero attached hydrogens (tertiary/aromatic N) is 2. The van der Waals surface area contributed by atoms with E-state index in [1.165, 1.54) is 17.5 Å². The molecule has 1 aromatic carbocycles. The maximum absolute atomic E-state index is 13.8. The Morgan fingerprint density at radius 2 is 1.93 bits per heavy atom. The standard InChI is InChI=1S/C22H18FN3OS/c1-13-10-14(2)26-22-18(13)11-19(28-22)21(27)25-12-15-5-7-16(8-6-15)17-4-3-9-24-20(17)23/h3-11H,12H2,1-2H3,(H,25,27). The Labute approximate surface area is 166 Å². The molecule has 0 saturated heterocycles. The lowest BCUT2D eigenvalue weighted by molar-refractivity contribution is 0.0955. The fourth-order valence-corrected chi connectivity index (χ4v) is 4.18. The lowest BCUT2D eigenvalue weighted by Crippen LogP contribution is -2.21. The molecule has 0 saturated carbocycles. The van der Waals surface area contributed by atoms with Gasteiger partial charge in [-0.25, -0.2) is 9.97 Å². The molecule has 28 heavy (non-hydrogen) atoms. The molecular weight excluding hydrogens is 373 g/mol. The lowest BCUT2D eigenvalue weighted by Gasteiger charge is -2.06. The molecule has 0 aliphatic rings. The number of carbonyl (C=O) groups is 1. The number of aromatic nitrogens is 2. The fraction of sp³-hybridized carbons (Fsp3) is 0.136. The number of rotatable bonds is 4. The minimum Gasteiger partial charge on any atom is -0.347 e. The van der Waals surface area contributed by atoms with Crippen LogP contribution in [0.3, 0.4) is 0 Å². The molecule has 1 N–H and O–H groups in total. The summed E-state index contributed by atoms with van der Waals surface area (Å²) in [7, 11) is 0. The first-order valence-corrected chi connectivity index (χ1v) is 9.69. The molecule has 0 atom stereocenters. The van der Waals surface area contributed by atoms with E-state index in [1.807, 2.05) is 50.2 Å². The zero-order valence-corrected chi connectivity index (χ0v) is 16.3. The molecule has 0 bridgehead atoms. The van der Waals surface area contributed by atoms with E-state index in [0.29, 0.717) is 17.0 Å². The van der Waals surface area contributed by atoms with E-state index in [1.54, 1.807) is 12.1 Å². The quantitative estimate of drug-likeness (QED) is 0.496. The van der Waals surface area contributed by atoms with Crippen molar-refractivity contribution in [3.63, 3.8) is 0 Å². The van der Waals surface area contributed by atoms with Gasteiger partial charge in [0.2, 0.25) is 5.95 Å². The van der Waals surface area contributed by atoms with Gasteiger partial charge in [0, 0.05) is 29.4 Å². The van der Waals surface area contributed by atoms with Crippen LogP contribution < -0.4 is 5.32 Å². The van der Waals surface area contributed by atoms with E-state index in [-0.39, 0.29) is 5.91 Å². The number of hydrogen-bond acceptors (Lipinski definition) is 4. The van der Waals surface area contributed by atoms with E-state index in [2.05, 4.69) is 15.3 Å². The Morgan fingerprint density at radius 3 is 2.68 bits per heavy atom. The molecule has 0 aliphatic heterocycles. The van der Waals surface area contributed by atoms with E-state index < -0.39 is 5.95 Å². The van der Waals surface area contributed by atoms with Crippen LogP contribution in [-0.4, -0.2) is 15.9 Å². The van der Waals surface area contributed by atoms with Crippen molar-refractivity contribution in [2.45, 2.75) is 20.4 Å². The van der Waals surface area contributed by atoms with Crippen LogP contribution in [0.1, 0.15) is 26.5 Å². The van der Waals surface area contributed by atoms with Crippen molar-refractivity contribution in [2.24, 2.45) is 0 Å². The molecule has 0 aliphatic carbocycles. The number of aryl methyl sites for hydroxylation is 2. The molecule has 4 aromatic rings. The van der Waals surface area contributed by atoms with Gasteiger partial charge < -0.3 is 5.32 Å². The number of pyridine rings is 2. The number of thiophene rings is 1. The van der Waals surface area contributed by atoms with Crippen molar-refractivity contribution in [2.75, 3.05) is 0 Å². The molecule has 3 heterocycles. The van der Waals surface area contributed by atoms with Crippen molar-refractivity contribution < 1.29 is 9.18 Å². The molecular formula is C22H18FN3OS. The molecule has 4 nitrogen and oxygen atoms in total. The van der Waals surface area contributed by atoms with E-state index >= 15 is 0 Å². The van der Waals surface area contributed by atoms with Crippen molar-refractivity contribution in [1.82, 2.24) is 15.3 Å². The molecule has 140 valence electrons. The first-order chi connectivity index (χ1) is 13.5. The summed E-state index contributed by atoms with van der Waals surface area (Å²) < 4.78 is 13.8. The van der Waals surface area contributed by atoms with Crippen molar-refractivity contribution >= 4 is 27.5 Å². The van der Waals surface area contributed by atoms with Gasteiger partial charge in [0.25, 0.3) is 5.91 Å². The Balaban J connectivity index is 1.46. The number of amides is 1. The Morgan fingerprint density at radius 1 is 1.14 bits per heavy atom. The summed E-state index contributed by atoms with van der Waals surface area (Å²) in [5, 5.41) is 3.96. The van der Waals surface area contributed by atoms with Crippen LogP contribution in [0.15, 0.2) is 54.7 Å².